The van der Waals surface area contributed by atoms with Crippen molar-refractivity contribution in [2.24, 2.45) is 5.92 Å². The highest BCUT2D eigenvalue weighted by atomic mass is 35.5. The van der Waals surface area contributed by atoms with Crippen LogP contribution in [0.3, 0.4) is 0 Å². The van der Waals surface area contributed by atoms with Crippen LogP contribution in [0.2, 0.25) is 5.02 Å². The van der Waals surface area contributed by atoms with E-state index >= 15 is 0 Å². The van der Waals surface area contributed by atoms with Crippen molar-refractivity contribution in [2.45, 2.75) is 45.2 Å². The molecular formula is C17H24ClFN2O. The number of rotatable bonds is 5. The summed E-state index contributed by atoms with van der Waals surface area (Å²) in [6, 6.07) is 4.90. The quantitative estimate of drug-likeness (QED) is 0.896. The number of nitrogens with zero attached hydrogens (tertiary/aromatic N) is 1. The highest BCUT2D eigenvalue weighted by Gasteiger charge is 2.23. The van der Waals surface area contributed by atoms with E-state index in [0.29, 0.717) is 23.0 Å². The zero-order valence-corrected chi connectivity index (χ0v) is 14.0. The van der Waals surface area contributed by atoms with Crippen LogP contribution in [0.25, 0.3) is 0 Å². The number of benzene rings is 1. The normalized spacial score (nSPS) is 21.9. The summed E-state index contributed by atoms with van der Waals surface area (Å²) in [6.45, 7) is 2.75. The van der Waals surface area contributed by atoms with Gasteiger partial charge >= 0.3 is 0 Å². The van der Waals surface area contributed by atoms with E-state index in [9.17, 15) is 9.18 Å². The topological polar surface area (TPSA) is 32.3 Å². The standard InChI is InChI=1S/C17H24ClFN2O/c1-12-6-3-4-9-16(12)20-17(22)11-21(2)10-13-14(18)7-5-8-15(13)19/h5,7-8,12,16H,3-4,6,9-11H2,1-2H3,(H,20,22)/t12-,16+/m1/s1. The minimum Gasteiger partial charge on any atom is -0.352 e. The molecule has 1 fully saturated rings. The largest absolute Gasteiger partial charge is 0.352 e. The van der Waals surface area contributed by atoms with Gasteiger partial charge in [-0.2, -0.15) is 0 Å². The molecule has 5 heteroatoms. The molecule has 1 amide bonds. The third-order valence-electron chi connectivity index (χ3n) is 4.36. The first-order chi connectivity index (χ1) is 10.5. The second-order valence-corrected chi connectivity index (χ2v) is 6.72. The molecule has 22 heavy (non-hydrogen) atoms. The fourth-order valence-corrected chi connectivity index (χ4v) is 3.26. The predicted octanol–water partition coefficient (Wildman–Crippen LogP) is 3.61. The van der Waals surface area contributed by atoms with Crippen LogP contribution in [0.4, 0.5) is 4.39 Å². The summed E-state index contributed by atoms with van der Waals surface area (Å²) in [5, 5.41) is 3.50. The third kappa shape index (κ3) is 4.68. The molecule has 0 aromatic heterocycles. The van der Waals surface area contributed by atoms with Gasteiger partial charge in [-0.15, -0.1) is 0 Å². The Morgan fingerprint density at radius 1 is 1.41 bits per heavy atom. The molecule has 1 N–H and O–H groups in total. The van der Waals surface area contributed by atoms with Crippen molar-refractivity contribution in [2.75, 3.05) is 13.6 Å². The van der Waals surface area contributed by atoms with E-state index in [1.807, 2.05) is 0 Å². The number of hydrogen-bond donors (Lipinski definition) is 1. The van der Waals surface area contributed by atoms with E-state index in [1.165, 1.54) is 25.3 Å². The van der Waals surface area contributed by atoms with Gasteiger partial charge in [0, 0.05) is 23.2 Å². The number of hydrogen-bond acceptors (Lipinski definition) is 2. The highest BCUT2D eigenvalue weighted by Crippen LogP contribution is 2.24. The Morgan fingerprint density at radius 3 is 2.82 bits per heavy atom. The molecule has 1 aromatic carbocycles. The van der Waals surface area contributed by atoms with Crippen molar-refractivity contribution in [1.29, 1.82) is 0 Å². The van der Waals surface area contributed by atoms with E-state index in [-0.39, 0.29) is 24.3 Å². The second-order valence-electron chi connectivity index (χ2n) is 6.31. The highest BCUT2D eigenvalue weighted by molar-refractivity contribution is 6.31. The summed E-state index contributed by atoms with van der Waals surface area (Å²) in [7, 11) is 1.80. The maximum absolute atomic E-state index is 13.8. The van der Waals surface area contributed by atoms with Gasteiger partial charge in [0.25, 0.3) is 0 Å². The van der Waals surface area contributed by atoms with Crippen LogP contribution in [0, 0.1) is 11.7 Å². The van der Waals surface area contributed by atoms with Crippen LogP contribution in [-0.4, -0.2) is 30.4 Å². The smallest absolute Gasteiger partial charge is 0.234 e. The Kier molecular flexibility index (Phi) is 6.21. The maximum Gasteiger partial charge on any atom is 0.234 e. The fraction of sp³-hybridized carbons (Fsp3) is 0.588. The summed E-state index contributed by atoms with van der Waals surface area (Å²) in [5.74, 6) is 0.193. The Morgan fingerprint density at radius 2 is 2.14 bits per heavy atom. The Hall–Kier alpha value is -1.13. The van der Waals surface area contributed by atoms with Gasteiger partial charge in [-0.05, 0) is 37.9 Å². The zero-order chi connectivity index (χ0) is 16.1. The molecular weight excluding hydrogens is 303 g/mol. The molecule has 1 aliphatic carbocycles. The molecule has 3 nitrogen and oxygen atoms in total. The molecule has 1 aliphatic rings. The number of nitrogens with one attached hydrogen (secondary N) is 1. The van der Waals surface area contributed by atoms with Crippen LogP contribution in [0.15, 0.2) is 18.2 Å². The number of halogens is 2. The number of amides is 1. The van der Waals surface area contributed by atoms with E-state index in [4.69, 9.17) is 11.6 Å². The Balaban J connectivity index is 1.86. The van der Waals surface area contributed by atoms with Gasteiger partial charge in [0.15, 0.2) is 0 Å². The molecule has 0 unspecified atom stereocenters. The molecule has 1 aromatic rings. The second kappa shape index (κ2) is 7.93. The van der Waals surface area contributed by atoms with Crippen LogP contribution >= 0.6 is 11.6 Å². The summed E-state index contributed by atoms with van der Waals surface area (Å²) in [6.07, 6.45) is 4.65. The molecule has 1 saturated carbocycles. The van der Waals surface area contributed by atoms with E-state index in [1.54, 1.807) is 24.1 Å². The molecule has 0 bridgehead atoms. The molecule has 0 heterocycles. The lowest BCUT2D eigenvalue weighted by Crippen LogP contribution is -2.44. The maximum atomic E-state index is 13.8. The van der Waals surface area contributed by atoms with Crippen molar-refractivity contribution in [3.63, 3.8) is 0 Å². The summed E-state index contributed by atoms with van der Waals surface area (Å²) in [4.78, 5) is 13.9. The average molecular weight is 327 g/mol. The minimum atomic E-state index is -0.333. The molecule has 122 valence electrons. The average Bonchev–Trinajstić information content (AvgIpc) is 2.45. The van der Waals surface area contributed by atoms with Crippen molar-refractivity contribution in [3.8, 4) is 0 Å². The predicted molar refractivity (Wildman–Crippen MR) is 87.3 cm³/mol. The molecule has 0 saturated heterocycles. The van der Waals surface area contributed by atoms with Crippen LogP contribution in [-0.2, 0) is 11.3 Å². The van der Waals surface area contributed by atoms with Gasteiger partial charge < -0.3 is 5.32 Å². The van der Waals surface area contributed by atoms with Gasteiger partial charge in [0.2, 0.25) is 5.91 Å². The summed E-state index contributed by atoms with van der Waals surface area (Å²) >= 11 is 6.02. The Bertz CT molecular complexity index is 503. The van der Waals surface area contributed by atoms with Crippen molar-refractivity contribution >= 4 is 17.5 Å². The molecule has 0 spiro atoms. The first-order valence-electron chi connectivity index (χ1n) is 7.88. The lowest BCUT2D eigenvalue weighted by molar-refractivity contribution is -0.123. The molecule has 2 rings (SSSR count). The zero-order valence-electron chi connectivity index (χ0n) is 13.2. The van der Waals surface area contributed by atoms with E-state index < -0.39 is 0 Å². The number of carbonyl (C=O) groups is 1. The monoisotopic (exact) mass is 326 g/mol. The van der Waals surface area contributed by atoms with E-state index in [0.717, 1.165) is 6.42 Å². The lowest BCUT2D eigenvalue weighted by Gasteiger charge is -2.30. The van der Waals surface area contributed by atoms with E-state index in [2.05, 4.69) is 12.2 Å². The number of likely N-dealkylation sites (N-methyl/N-ethyl adjacent to an activating group) is 1. The van der Waals surface area contributed by atoms with Crippen LogP contribution < -0.4 is 5.32 Å². The third-order valence-corrected chi connectivity index (χ3v) is 4.72. The SMILES string of the molecule is C[C@@H]1CCCC[C@@H]1NC(=O)CN(C)Cc1c(F)cccc1Cl. The first kappa shape index (κ1) is 17.2. The van der Waals surface area contributed by atoms with Gasteiger partial charge in [0.05, 0.1) is 6.54 Å². The van der Waals surface area contributed by atoms with Gasteiger partial charge in [0.1, 0.15) is 5.82 Å². The van der Waals surface area contributed by atoms with Crippen molar-refractivity contribution in [3.05, 3.63) is 34.6 Å². The number of carbonyl (C=O) groups excluding carboxylic acids is 1. The van der Waals surface area contributed by atoms with Crippen LogP contribution in [0.1, 0.15) is 38.2 Å². The van der Waals surface area contributed by atoms with Crippen molar-refractivity contribution < 1.29 is 9.18 Å². The first-order valence-corrected chi connectivity index (χ1v) is 8.26. The van der Waals surface area contributed by atoms with Crippen molar-refractivity contribution in [1.82, 2.24) is 10.2 Å². The Labute approximate surface area is 136 Å². The fourth-order valence-electron chi connectivity index (χ4n) is 3.04. The summed E-state index contributed by atoms with van der Waals surface area (Å²) in [5.41, 5.74) is 0.436. The van der Waals surface area contributed by atoms with Gasteiger partial charge in [-0.25, -0.2) is 4.39 Å². The minimum absolute atomic E-state index is 0.00582. The lowest BCUT2D eigenvalue weighted by atomic mass is 9.86. The van der Waals surface area contributed by atoms with Gasteiger partial charge in [-0.3, -0.25) is 9.69 Å². The molecule has 2 atom stereocenters. The van der Waals surface area contributed by atoms with Gasteiger partial charge in [-0.1, -0.05) is 37.4 Å². The molecule has 0 aliphatic heterocycles. The summed E-state index contributed by atoms with van der Waals surface area (Å²) < 4.78 is 13.8. The van der Waals surface area contributed by atoms with Crippen LogP contribution in [0.5, 0.6) is 0 Å². The molecule has 0 radical (unpaired) electrons.